The maximum Gasteiger partial charge on any atom is 0.356 e. The summed E-state index contributed by atoms with van der Waals surface area (Å²) in [7, 11) is 1.33. The van der Waals surface area contributed by atoms with Crippen LogP contribution in [0.3, 0.4) is 0 Å². The van der Waals surface area contributed by atoms with Gasteiger partial charge >= 0.3 is 5.97 Å². The molecular formula is C9H9N3O2S. The molecule has 0 aliphatic heterocycles. The Hall–Kier alpha value is -1.69. The number of hydrogen-bond donors (Lipinski definition) is 1. The van der Waals surface area contributed by atoms with Crippen LogP contribution in [0, 0.1) is 6.92 Å². The number of aryl methyl sites for hydroxylation is 1. The Kier molecular flexibility index (Phi) is 2.51. The van der Waals surface area contributed by atoms with E-state index >= 15 is 0 Å². The van der Waals surface area contributed by atoms with Crippen LogP contribution in [0.1, 0.15) is 15.5 Å². The summed E-state index contributed by atoms with van der Waals surface area (Å²) in [6.07, 6.45) is 1.44. The number of carbonyl (C=O) groups excluding carboxylic acids is 1. The maximum atomic E-state index is 11.2. The van der Waals surface area contributed by atoms with Crippen molar-refractivity contribution in [3.63, 3.8) is 0 Å². The number of imidazole rings is 1. The normalized spacial score (nSPS) is 10.3. The second kappa shape index (κ2) is 3.82. The minimum absolute atomic E-state index is 0.332. The van der Waals surface area contributed by atoms with Gasteiger partial charge in [0.05, 0.1) is 18.3 Å². The van der Waals surface area contributed by atoms with Crippen LogP contribution in [0.15, 0.2) is 11.6 Å². The van der Waals surface area contributed by atoms with Gasteiger partial charge < -0.3 is 9.72 Å². The average molecular weight is 223 g/mol. The molecule has 2 rings (SSSR count). The van der Waals surface area contributed by atoms with Gasteiger partial charge in [-0.2, -0.15) is 0 Å². The fraction of sp³-hybridized carbons (Fsp3) is 0.222. The summed E-state index contributed by atoms with van der Waals surface area (Å²) in [5, 5.41) is 2.84. The molecular weight excluding hydrogens is 214 g/mol. The number of rotatable bonds is 2. The van der Waals surface area contributed by atoms with Crippen LogP contribution in [0.25, 0.3) is 11.5 Å². The highest BCUT2D eigenvalue weighted by Gasteiger charge is 2.11. The zero-order valence-electron chi connectivity index (χ0n) is 8.27. The summed E-state index contributed by atoms with van der Waals surface area (Å²) in [6.45, 7) is 1.92. The first kappa shape index (κ1) is 9.85. The van der Waals surface area contributed by atoms with Gasteiger partial charge in [0.25, 0.3) is 0 Å². The van der Waals surface area contributed by atoms with Crippen molar-refractivity contribution in [2.75, 3.05) is 7.11 Å². The monoisotopic (exact) mass is 223 g/mol. The molecule has 15 heavy (non-hydrogen) atoms. The molecule has 0 amide bonds. The van der Waals surface area contributed by atoms with Crippen molar-refractivity contribution < 1.29 is 9.53 Å². The van der Waals surface area contributed by atoms with Crippen molar-refractivity contribution in [3.8, 4) is 11.5 Å². The SMILES string of the molecule is COC(=O)c1cnc(-c2csc(C)n2)[nH]1. The van der Waals surface area contributed by atoms with Crippen LogP contribution in [0.4, 0.5) is 0 Å². The first-order valence-electron chi connectivity index (χ1n) is 4.26. The van der Waals surface area contributed by atoms with Gasteiger partial charge in [-0.05, 0) is 6.92 Å². The smallest absolute Gasteiger partial charge is 0.356 e. The number of nitrogens with zero attached hydrogens (tertiary/aromatic N) is 2. The third kappa shape index (κ3) is 1.89. The van der Waals surface area contributed by atoms with Crippen molar-refractivity contribution in [2.24, 2.45) is 0 Å². The Morgan fingerprint density at radius 3 is 3.00 bits per heavy atom. The first-order valence-corrected chi connectivity index (χ1v) is 5.14. The largest absolute Gasteiger partial charge is 0.464 e. The number of aromatic nitrogens is 3. The number of carbonyl (C=O) groups is 1. The molecule has 0 saturated carbocycles. The molecule has 1 N–H and O–H groups in total. The predicted molar refractivity (Wildman–Crippen MR) is 55.8 cm³/mol. The number of ether oxygens (including phenoxy) is 1. The number of esters is 1. The molecule has 2 heterocycles. The maximum absolute atomic E-state index is 11.2. The second-order valence-corrected chi connectivity index (χ2v) is 3.95. The van der Waals surface area contributed by atoms with E-state index in [2.05, 4.69) is 19.7 Å². The highest BCUT2D eigenvalue weighted by Crippen LogP contribution is 2.18. The number of aromatic amines is 1. The minimum Gasteiger partial charge on any atom is -0.464 e. The first-order chi connectivity index (χ1) is 7.20. The average Bonchev–Trinajstić information content (AvgIpc) is 2.84. The molecule has 2 aromatic heterocycles. The van der Waals surface area contributed by atoms with E-state index < -0.39 is 5.97 Å². The van der Waals surface area contributed by atoms with Crippen molar-refractivity contribution in [3.05, 3.63) is 22.3 Å². The molecule has 0 bridgehead atoms. The van der Waals surface area contributed by atoms with Gasteiger partial charge in [-0.3, -0.25) is 0 Å². The van der Waals surface area contributed by atoms with Gasteiger partial charge in [0.2, 0.25) is 0 Å². The Morgan fingerprint density at radius 1 is 1.60 bits per heavy atom. The molecule has 5 nitrogen and oxygen atoms in total. The van der Waals surface area contributed by atoms with Crippen molar-refractivity contribution in [1.29, 1.82) is 0 Å². The molecule has 0 aliphatic rings. The van der Waals surface area contributed by atoms with E-state index in [1.54, 1.807) is 0 Å². The Morgan fingerprint density at radius 2 is 2.40 bits per heavy atom. The Labute approximate surface area is 90.1 Å². The number of H-pyrrole nitrogens is 1. The van der Waals surface area contributed by atoms with Crippen LogP contribution in [0.2, 0.25) is 0 Å². The second-order valence-electron chi connectivity index (χ2n) is 2.89. The predicted octanol–water partition coefficient (Wildman–Crippen LogP) is 1.63. The van der Waals surface area contributed by atoms with Crippen molar-refractivity contribution in [1.82, 2.24) is 15.0 Å². The van der Waals surface area contributed by atoms with Crippen molar-refractivity contribution >= 4 is 17.3 Å². The lowest BCUT2D eigenvalue weighted by molar-refractivity contribution is 0.0595. The van der Waals surface area contributed by atoms with E-state index in [0.29, 0.717) is 11.5 Å². The van der Waals surface area contributed by atoms with Crippen LogP contribution < -0.4 is 0 Å². The molecule has 0 aromatic carbocycles. The number of methoxy groups -OCH3 is 1. The molecule has 0 saturated heterocycles. The van der Waals surface area contributed by atoms with Crippen LogP contribution in [-0.4, -0.2) is 28.0 Å². The Balaban J connectivity index is 2.31. The number of hydrogen-bond acceptors (Lipinski definition) is 5. The van der Waals surface area contributed by atoms with Crippen LogP contribution in [0.5, 0.6) is 0 Å². The standard InChI is InChI=1S/C9H9N3O2S/c1-5-11-7(4-15-5)8-10-3-6(12-8)9(13)14-2/h3-4H,1-2H3,(H,10,12). The number of thiazole rings is 1. The zero-order valence-corrected chi connectivity index (χ0v) is 9.09. The van der Waals surface area contributed by atoms with Crippen LogP contribution >= 0.6 is 11.3 Å². The molecule has 78 valence electrons. The topological polar surface area (TPSA) is 67.9 Å². The van der Waals surface area contributed by atoms with Gasteiger partial charge in [-0.15, -0.1) is 11.3 Å². The quantitative estimate of drug-likeness (QED) is 0.786. The summed E-state index contributed by atoms with van der Waals surface area (Å²) in [4.78, 5) is 22.3. The molecule has 0 atom stereocenters. The molecule has 0 aliphatic carbocycles. The molecule has 0 fully saturated rings. The zero-order chi connectivity index (χ0) is 10.8. The van der Waals surface area contributed by atoms with E-state index in [4.69, 9.17) is 0 Å². The molecule has 2 aromatic rings. The Bertz CT molecular complexity index is 489. The van der Waals surface area contributed by atoms with Gasteiger partial charge in [0.15, 0.2) is 5.82 Å². The van der Waals surface area contributed by atoms with Gasteiger partial charge in [-0.25, -0.2) is 14.8 Å². The molecule has 0 unspecified atom stereocenters. The van der Waals surface area contributed by atoms with E-state index in [0.717, 1.165) is 10.7 Å². The van der Waals surface area contributed by atoms with E-state index in [1.165, 1.54) is 24.6 Å². The van der Waals surface area contributed by atoms with Crippen LogP contribution in [-0.2, 0) is 4.74 Å². The summed E-state index contributed by atoms with van der Waals surface area (Å²) >= 11 is 1.54. The lowest BCUT2D eigenvalue weighted by atomic mass is 10.4. The van der Waals surface area contributed by atoms with E-state index in [9.17, 15) is 4.79 Å². The van der Waals surface area contributed by atoms with Crippen molar-refractivity contribution in [2.45, 2.75) is 6.92 Å². The van der Waals surface area contributed by atoms with Gasteiger partial charge in [0.1, 0.15) is 11.4 Å². The van der Waals surface area contributed by atoms with Gasteiger partial charge in [0, 0.05) is 5.38 Å². The lowest BCUT2D eigenvalue weighted by Gasteiger charge is -1.92. The number of nitrogens with one attached hydrogen (secondary N) is 1. The summed E-state index contributed by atoms with van der Waals surface area (Å²) in [5.41, 5.74) is 1.07. The highest BCUT2D eigenvalue weighted by molar-refractivity contribution is 7.09. The third-order valence-corrected chi connectivity index (χ3v) is 2.62. The summed E-state index contributed by atoms with van der Waals surface area (Å²) < 4.78 is 4.56. The molecule has 0 spiro atoms. The fourth-order valence-corrected chi connectivity index (χ4v) is 1.73. The molecule has 0 radical (unpaired) electrons. The van der Waals surface area contributed by atoms with Gasteiger partial charge in [-0.1, -0.05) is 0 Å². The lowest BCUT2D eigenvalue weighted by Crippen LogP contribution is -2.00. The highest BCUT2D eigenvalue weighted by atomic mass is 32.1. The molecule has 6 heteroatoms. The minimum atomic E-state index is -0.430. The van der Waals surface area contributed by atoms with E-state index in [1.807, 2.05) is 12.3 Å². The summed E-state index contributed by atoms with van der Waals surface area (Å²) in [6, 6.07) is 0. The third-order valence-electron chi connectivity index (χ3n) is 1.84. The summed E-state index contributed by atoms with van der Waals surface area (Å²) in [5.74, 6) is 0.153. The van der Waals surface area contributed by atoms with E-state index in [-0.39, 0.29) is 0 Å². The fourth-order valence-electron chi connectivity index (χ4n) is 1.14.